The molecule has 30 heavy (non-hydrogen) atoms. The molecule has 2 amide bonds. The Kier molecular flexibility index (Phi) is 6.41. The normalized spacial score (nSPS) is 16.8. The van der Waals surface area contributed by atoms with Crippen LogP contribution in [0, 0.1) is 16.0 Å². The molecule has 0 bridgehead atoms. The number of ether oxygens (including phenoxy) is 1. The number of anilines is 1. The van der Waals surface area contributed by atoms with Gasteiger partial charge in [0, 0.05) is 25.6 Å². The van der Waals surface area contributed by atoms with Gasteiger partial charge in [0.25, 0.3) is 11.6 Å². The maximum atomic E-state index is 12.4. The summed E-state index contributed by atoms with van der Waals surface area (Å²) in [6.45, 7) is 1.99. The highest BCUT2D eigenvalue weighted by Crippen LogP contribution is 2.24. The number of rotatable bonds is 7. The summed E-state index contributed by atoms with van der Waals surface area (Å²) in [4.78, 5) is 49.0. The van der Waals surface area contributed by atoms with Crippen molar-refractivity contribution in [3.8, 4) is 0 Å². The van der Waals surface area contributed by atoms with Crippen LogP contribution in [-0.4, -0.2) is 40.3 Å². The number of carbonyl (C=O) groups excluding carboxylic acids is 3. The number of carbonyl (C=O) groups is 3. The Morgan fingerprint density at radius 2 is 1.87 bits per heavy atom. The van der Waals surface area contributed by atoms with Crippen molar-refractivity contribution in [3.63, 3.8) is 0 Å². The van der Waals surface area contributed by atoms with E-state index in [2.05, 4.69) is 5.32 Å². The second kappa shape index (κ2) is 9.17. The molecular formula is C21H21N3O6. The van der Waals surface area contributed by atoms with Gasteiger partial charge in [0.05, 0.1) is 10.8 Å². The summed E-state index contributed by atoms with van der Waals surface area (Å²) >= 11 is 0. The van der Waals surface area contributed by atoms with Crippen LogP contribution in [0.5, 0.6) is 0 Å². The van der Waals surface area contributed by atoms with Gasteiger partial charge in [-0.25, -0.2) is 0 Å². The predicted octanol–water partition coefficient (Wildman–Crippen LogP) is 2.51. The molecule has 156 valence electrons. The maximum absolute atomic E-state index is 12.4. The molecule has 0 saturated carbocycles. The molecule has 9 heteroatoms. The van der Waals surface area contributed by atoms with Crippen molar-refractivity contribution in [2.75, 3.05) is 11.9 Å². The molecule has 2 aromatic rings. The number of esters is 1. The highest BCUT2D eigenvalue weighted by Gasteiger charge is 2.36. The monoisotopic (exact) mass is 411 g/mol. The van der Waals surface area contributed by atoms with Crippen LogP contribution in [0.1, 0.15) is 18.9 Å². The number of hydrogen-bond acceptors (Lipinski definition) is 6. The van der Waals surface area contributed by atoms with Crippen molar-refractivity contribution < 1.29 is 24.0 Å². The van der Waals surface area contributed by atoms with Gasteiger partial charge < -0.3 is 15.0 Å². The van der Waals surface area contributed by atoms with Crippen LogP contribution >= 0.6 is 0 Å². The number of para-hydroxylation sites is 2. The summed E-state index contributed by atoms with van der Waals surface area (Å²) in [6, 6.07) is 15.1. The fraction of sp³-hybridized carbons (Fsp3) is 0.286. The molecule has 1 N–H and O–H groups in total. The number of likely N-dealkylation sites (tertiary alicyclic amines) is 1. The van der Waals surface area contributed by atoms with Crippen LogP contribution in [0.4, 0.5) is 11.4 Å². The van der Waals surface area contributed by atoms with Crippen LogP contribution in [-0.2, 0) is 25.7 Å². The van der Waals surface area contributed by atoms with Gasteiger partial charge in [0.15, 0.2) is 6.10 Å². The van der Waals surface area contributed by atoms with E-state index in [1.54, 1.807) is 11.0 Å². The summed E-state index contributed by atoms with van der Waals surface area (Å²) in [6.07, 6.45) is -1.15. The summed E-state index contributed by atoms with van der Waals surface area (Å²) in [5.41, 5.74) is 0.708. The van der Waals surface area contributed by atoms with Gasteiger partial charge in [0.1, 0.15) is 5.69 Å². The van der Waals surface area contributed by atoms with Crippen LogP contribution in [0.2, 0.25) is 0 Å². The predicted molar refractivity (Wildman–Crippen MR) is 107 cm³/mol. The molecule has 0 unspecified atom stereocenters. The van der Waals surface area contributed by atoms with Crippen molar-refractivity contribution >= 4 is 29.2 Å². The molecule has 1 saturated heterocycles. The zero-order valence-corrected chi connectivity index (χ0v) is 16.3. The smallest absolute Gasteiger partial charge is 0.312 e. The van der Waals surface area contributed by atoms with E-state index in [1.807, 2.05) is 30.3 Å². The minimum Gasteiger partial charge on any atom is -0.452 e. The van der Waals surface area contributed by atoms with Gasteiger partial charge in [-0.3, -0.25) is 24.5 Å². The Balaban J connectivity index is 1.56. The van der Waals surface area contributed by atoms with E-state index in [0.29, 0.717) is 6.54 Å². The first-order valence-corrected chi connectivity index (χ1v) is 9.41. The van der Waals surface area contributed by atoms with E-state index < -0.39 is 28.8 Å². The average Bonchev–Trinajstić information content (AvgIpc) is 3.09. The average molecular weight is 411 g/mol. The first-order valence-electron chi connectivity index (χ1n) is 9.41. The highest BCUT2D eigenvalue weighted by molar-refractivity contribution is 5.97. The Morgan fingerprint density at radius 1 is 1.20 bits per heavy atom. The van der Waals surface area contributed by atoms with Crippen LogP contribution in [0.15, 0.2) is 54.6 Å². The third-order valence-corrected chi connectivity index (χ3v) is 4.78. The molecule has 1 fully saturated rings. The fourth-order valence-corrected chi connectivity index (χ4v) is 3.18. The SMILES string of the molecule is C[C@@H](OC(=O)[C@@H]1CC(=O)N(Cc2ccccc2)C1)C(=O)Nc1ccccc1[N+](=O)[O-]. The largest absolute Gasteiger partial charge is 0.452 e. The summed E-state index contributed by atoms with van der Waals surface area (Å²) in [5.74, 6) is -2.16. The first kappa shape index (κ1) is 21.0. The van der Waals surface area contributed by atoms with Gasteiger partial charge in [-0.15, -0.1) is 0 Å². The molecule has 0 aliphatic carbocycles. The van der Waals surface area contributed by atoms with Crippen molar-refractivity contribution in [1.82, 2.24) is 4.90 Å². The van der Waals surface area contributed by atoms with Crippen LogP contribution in [0.3, 0.4) is 0 Å². The Hall–Kier alpha value is -3.75. The number of hydrogen-bond donors (Lipinski definition) is 1. The lowest BCUT2D eigenvalue weighted by Gasteiger charge is -2.18. The summed E-state index contributed by atoms with van der Waals surface area (Å²) in [5, 5.41) is 13.5. The Labute approximate surface area is 172 Å². The highest BCUT2D eigenvalue weighted by atomic mass is 16.6. The molecule has 0 radical (unpaired) electrons. The number of benzene rings is 2. The van der Waals surface area contributed by atoms with Crippen molar-refractivity contribution in [2.45, 2.75) is 26.0 Å². The number of nitrogens with one attached hydrogen (secondary N) is 1. The standard InChI is InChI=1S/C21H21N3O6/c1-14(20(26)22-17-9-5-6-10-18(17)24(28)29)30-21(27)16-11-19(25)23(13-16)12-15-7-3-2-4-8-15/h2-10,14,16H,11-13H2,1H3,(H,22,26)/t14-,16-/m1/s1. The molecule has 2 atom stereocenters. The molecule has 1 aliphatic rings. The molecule has 0 aromatic heterocycles. The second-order valence-corrected chi connectivity index (χ2v) is 7.00. The topological polar surface area (TPSA) is 119 Å². The van der Waals surface area contributed by atoms with Crippen LogP contribution in [0.25, 0.3) is 0 Å². The van der Waals surface area contributed by atoms with Crippen molar-refractivity contribution in [2.24, 2.45) is 5.92 Å². The Bertz CT molecular complexity index is 962. The minimum absolute atomic E-state index is 0.0143. The van der Waals surface area contributed by atoms with E-state index in [9.17, 15) is 24.5 Å². The molecule has 9 nitrogen and oxygen atoms in total. The lowest BCUT2D eigenvalue weighted by atomic mass is 10.1. The Morgan fingerprint density at radius 3 is 2.57 bits per heavy atom. The lowest BCUT2D eigenvalue weighted by Crippen LogP contribution is -2.33. The summed E-state index contributed by atoms with van der Waals surface area (Å²) < 4.78 is 5.22. The third kappa shape index (κ3) is 4.99. The number of amides is 2. The second-order valence-electron chi connectivity index (χ2n) is 7.00. The fourth-order valence-electron chi connectivity index (χ4n) is 3.18. The summed E-state index contributed by atoms with van der Waals surface area (Å²) in [7, 11) is 0. The zero-order valence-electron chi connectivity index (χ0n) is 16.3. The quantitative estimate of drug-likeness (QED) is 0.425. The van der Waals surface area contributed by atoms with Crippen LogP contribution < -0.4 is 5.32 Å². The zero-order chi connectivity index (χ0) is 21.7. The van der Waals surface area contributed by atoms with Gasteiger partial charge in [-0.05, 0) is 18.6 Å². The van der Waals surface area contributed by atoms with E-state index in [1.165, 1.54) is 25.1 Å². The molecule has 3 rings (SSSR count). The molecule has 0 spiro atoms. The lowest BCUT2D eigenvalue weighted by molar-refractivity contribution is -0.383. The minimum atomic E-state index is -1.17. The molecule has 1 aliphatic heterocycles. The first-order chi connectivity index (χ1) is 14.3. The number of nitrogens with zero attached hydrogens (tertiary/aromatic N) is 2. The molecule has 1 heterocycles. The third-order valence-electron chi connectivity index (χ3n) is 4.78. The van der Waals surface area contributed by atoms with E-state index in [4.69, 9.17) is 4.74 Å². The number of nitro groups is 1. The van der Waals surface area contributed by atoms with E-state index in [-0.39, 0.29) is 30.2 Å². The molecular weight excluding hydrogens is 390 g/mol. The molecule has 2 aromatic carbocycles. The van der Waals surface area contributed by atoms with Crippen molar-refractivity contribution in [3.05, 3.63) is 70.3 Å². The van der Waals surface area contributed by atoms with Gasteiger partial charge in [0.2, 0.25) is 5.91 Å². The van der Waals surface area contributed by atoms with E-state index in [0.717, 1.165) is 5.56 Å². The van der Waals surface area contributed by atoms with E-state index >= 15 is 0 Å². The van der Waals surface area contributed by atoms with Crippen molar-refractivity contribution in [1.29, 1.82) is 0 Å². The van der Waals surface area contributed by atoms with Gasteiger partial charge >= 0.3 is 5.97 Å². The number of nitro benzene ring substituents is 1. The van der Waals surface area contributed by atoms with Gasteiger partial charge in [-0.1, -0.05) is 42.5 Å². The maximum Gasteiger partial charge on any atom is 0.312 e. The van der Waals surface area contributed by atoms with Gasteiger partial charge in [-0.2, -0.15) is 0 Å².